The van der Waals surface area contributed by atoms with Gasteiger partial charge in [0.15, 0.2) is 24.9 Å². The molecule has 1 fully saturated rings. The van der Waals surface area contributed by atoms with E-state index in [0.29, 0.717) is 25.8 Å². The van der Waals surface area contributed by atoms with E-state index in [2.05, 4.69) is 4.40 Å². The van der Waals surface area contributed by atoms with Crippen LogP contribution in [0.15, 0.2) is 27.4 Å². The van der Waals surface area contributed by atoms with Crippen LogP contribution in [0.25, 0.3) is 0 Å². The van der Waals surface area contributed by atoms with Crippen molar-refractivity contribution >= 4 is 31.1 Å². The van der Waals surface area contributed by atoms with Gasteiger partial charge in [-0.25, -0.2) is 0 Å². The van der Waals surface area contributed by atoms with E-state index >= 15 is 0 Å². The maximum Gasteiger partial charge on any atom is 0.186 e. The van der Waals surface area contributed by atoms with E-state index in [1.165, 1.54) is 0 Å². The molecule has 0 aromatic rings. The predicted molar refractivity (Wildman–Crippen MR) is 88.4 cm³/mol. The average Bonchev–Trinajstić information content (AvgIpc) is 2.62. The number of nitrogens with two attached hydrogens (primary N) is 1. The predicted octanol–water partition coefficient (Wildman–Crippen LogP) is 0.804. The van der Waals surface area contributed by atoms with Crippen molar-refractivity contribution in [2.45, 2.75) is 18.9 Å². The molecule has 0 saturated carbocycles. The molecule has 0 aromatic carbocycles. The second-order valence-electron chi connectivity index (χ2n) is 4.50. The van der Waals surface area contributed by atoms with E-state index in [9.17, 15) is 13.5 Å². The fraction of sp³-hybridized carbons (Fsp3) is 0.500. The van der Waals surface area contributed by atoms with Crippen LogP contribution >= 0.6 is 12.3 Å². The summed E-state index contributed by atoms with van der Waals surface area (Å²) in [7, 11) is 2.83. The lowest BCUT2D eigenvalue weighted by Crippen LogP contribution is -2.33. The molecule has 1 heterocycles. The number of nitrogens with zero attached hydrogens (tertiary/aromatic N) is 2. The molecule has 0 spiro atoms. The maximum absolute atomic E-state index is 11.9. The number of hydrogen-bond donors (Lipinski definition) is 2. The van der Waals surface area contributed by atoms with Crippen LogP contribution in [0.2, 0.25) is 0 Å². The fourth-order valence-electron chi connectivity index (χ4n) is 1.99. The molecule has 1 rings (SSSR count). The normalized spacial score (nSPS) is 17.1. The van der Waals surface area contributed by atoms with Gasteiger partial charge in [0.05, 0.1) is 23.1 Å². The van der Waals surface area contributed by atoms with Crippen molar-refractivity contribution in [1.82, 2.24) is 4.90 Å². The largest absolute Gasteiger partial charge is 0.400 e. The van der Waals surface area contributed by atoms with Gasteiger partial charge in [-0.1, -0.05) is 0 Å². The van der Waals surface area contributed by atoms with Crippen LogP contribution < -0.4 is 5.73 Å². The van der Waals surface area contributed by atoms with E-state index in [0.717, 1.165) is 26.2 Å². The number of carbonyl (C=O) groups excluding carboxylic acids is 2. The van der Waals surface area contributed by atoms with Gasteiger partial charge in [0, 0.05) is 39.6 Å². The molecule has 0 unspecified atom stereocenters. The standard InChI is InChI=1S/C13H18FN3O3S.CH4O/c1-17(12-2-4-20-5-3-12)7-11(9-19)13(15)10(8-18)6-16-21-14;1-2/h6-9,12H,2-5,15H2,1H3;2H,1H3/b11-7-,13-10+,16-6+;. The van der Waals surface area contributed by atoms with Crippen molar-refractivity contribution in [3.05, 3.63) is 23.0 Å². The second-order valence-corrected chi connectivity index (χ2v) is 4.85. The molecule has 0 aromatic heterocycles. The van der Waals surface area contributed by atoms with Crippen LogP contribution in [0, 0.1) is 0 Å². The number of allylic oxidation sites excluding steroid dienone is 2. The lowest BCUT2D eigenvalue weighted by atomic mass is 10.1. The van der Waals surface area contributed by atoms with Gasteiger partial charge in [-0.3, -0.25) is 9.59 Å². The molecule has 1 aliphatic rings. The lowest BCUT2D eigenvalue weighted by molar-refractivity contribution is -0.105. The van der Waals surface area contributed by atoms with Gasteiger partial charge in [0.2, 0.25) is 0 Å². The summed E-state index contributed by atoms with van der Waals surface area (Å²) in [4.78, 5) is 24.0. The summed E-state index contributed by atoms with van der Waals surface area (Å²) in [5.41, 5.74) is 5.86. The highest BCUT2D eigenvalue weighted by Gasteiger charge is 2.17. The van der Waals surface area contributed by atoms with Gasteiger partial charge in [0.25, 0.3) is 0 Å². The summed E-state index contributed by atoms with van der Waals surface area (Å²) >= 11 is -0.293. The quantitative estimate of drug-likeness (QED) is 0.231. The third-order valence-electron chi connectivity index (χ3n) is 3.22. The number of halogens is 1. The minimum Gasteiger partial charge on any atom is -0.400 e. The number of hydrogen-bond acceptors (Lipinski definition) is 8. The van der Waals surface area contributed by atoms with E-state index in [1.54, 1.807) is 6.20 Å². The number of aliphatic hydroxyl groups excluding tert-OH is 1. The molecule has 0 bridgehead atoms. The molecule has 9 heteroatoms. The van der Waals surface area contributed by atoms with E-state index < -0.39 is 0 Å². The molecular weight excluding hydrogens is 325 g/mol. The first-order valence-electron chi connectivity index (χ1n) is 6.81. The molecule has 130 valence electrons. The van der Waals surface area contributed by atoms with Crippen molar-refractivity contribution in [3.63, 3.8) is 0 Å². The van der Waals surface area contributed by atoms with Crippen molar-refractivity contribution in [1.29, 1.82) is 0 Å². The number of aliphatic hydroxyl groups is 1. The van der Waals surface area contributed by atoms with E-state index in [-0.39, 0.29) is 35.2 Å². The van der Waals surface area contributed by atoms with Crippen LogP contribution in [-0.2, 0) is 14.3 Å². The van der Waals surface area contributed by atoms with Gasteiger partial charge < -0.3 is 20.5 Å². The maximum atomic E-state index is 11.9. The molecule has 1 saturated heterocycles. The first kappa shape index (κ1) is 21.3. The second kappa shape index (κ2) is 12.8. The number of carbonyl (C=O) groups is 2. The zero-order valence-corrected chi connectivity index (χ0v) is 14.0. The van der Waals surface area contributed by atoms with Crippen LogP contribution in [-0.4, -0.2) is 62.2 Å². The van der Waals surface area contributed by atoms with Crippen LogP contribution in [0.1, 0.15) is 12.8 Å². The smallest absolute Gasteiger partial charge is 0.186 e. The number of aldehydes is 2. The molecule has 0 radical (unpaired) electrons. The summed E-state index contributed by atoms with van der Waals surface area (Å²) in [6.07, 6.45) is 5.26. The minimum absolute atomic E-state index is 0.0308. The van der Waals surface area contributed by atoms with Crippen LogP contribution in [0.5, 0.6) is 0 Å². The Morgan fingerprint density at radius 2 is 1.96 bits per heavy atom. The third kappa shape index (κ3) is 7.40. The van der Waals surface area contributed by atoms with Gasteiger partial charge in [0.1, 0.15) is 0 Å². The summed E-state index contributed by atoms with van der Waals surface area (Å²) in [5.74, 6) is 0. The zero-order valence-electron chi connectivity index (χ0n) is 13.1. The van der Waals surface area contributed by atoms with Crippen molar-refractivity contribution in [2.75, 3.05) is 27.4 Å². The van der Waals surface area contributed by atoms with E-state index in [4.69, 9.17) is 15.6 Å². The van der Waals surface area contributed by atoms with Gasteiger partial charge in [-0.05, 0) is 12.8 Å². The van der Waals surface area contributed by atoms with Gasteiger partial charge in [-0.15, -0.1) is 3.89 Å². The SMILES string of the molecule is CN(\C=C(C=O)/C(N)=C(C=O)/C=N/SF)C1CCOCC1.CO. The Balaban J connectivity index is 0.00000232. The molecule has 0 atom stereocenters. The molecule has 0 amide bonds. The summed E-state index contributed by atoms with van der Waals surface area (Å²) < 4.78 is 20.4. The van der Waals surface area contributed by atoms with Crippen LogP contribution in [0.4, 0.5) is 3.89 Å². The first-order valence-corrected chi connectivity index (χ1v) is 7.49. The van der Waals surface area contributed by atoms with Crippen molar-refractivity contribution < 1.29 is 23.3 Å². The fourth-order valence-corrected chi connectivity index (χ4v) is 2.14. The Kier molecular flexibility index (Phi) is 11.8. The monoisotopic (exact) mass is 347 g/mol. The molecule has 23 heavy (non-hydrogen) atoms. The Labute approximate surface area is 139 Å². The summed E-state index contributed by atoms with van der Waals surface area (Å²) in [6.45, 7) is 1.34. The zero-order chi connectivity index (χ0) is 17.7. The van der Waals surface area contributed by atoms with E-state index in [1.807, 2.05) is 11.9 Å². The number of rotatable bonds is 7. The lowest BCUT2D eigenvalue weighted by Gasteiger charge is -2.30. The topological polar surface area (TPSA) is 105 Å². The Morgan fingerprint density at radius 1 is 1.35 bits per heavy atom. The van der Waals surface area contributed by atoms with Gasteiger partial charge in [-0.2, -0.15) is 4.40 Å². The Morgan fingerprint density at radius 3 is 2.43 bits per heavy atom. The first-order chi connectivity index (χ1) is 11.1. The summed E-state index contributed by atoms with van der Waals surface area (Å²) in [5, 5.41) is 7.00. The highest BCUT2D eigenvalue weighted by Crippen LogP contribution is 2.15. The molecule has 3 N–H and O–H groups in total. The summed E-state index contributed by atoms with van der Waals surface area (Å²) in [6, 6.07) is 0.247. The molecular formula is C14H22FN3O4S. The van der Waals surface area contributed by atoms with Crippen LogP contribution in [0.3, 0.4) is 0 Å². The highest BCUT2D eigenvalue weighted by molar-refractivity contribution is 7.93. The molecule has 7 nitrogen and oxygen atoms in total. The Bertz CT molecular complexity index is 463. The average molecular weight is 347 g/mol. The highest BCUT2D eigenvalue weighted by atomic mass is 32.2. The van der Waals surface area contributed by atoms with Crippen molar-refractivity contribution in [3.8, 4) is 0 Å². The minimum atomic E-state index is -0.293. The van der Waals surface area contributed by atoms with Gasteiger partial charge >= 0.3 is 0 Å². The molecule has 1 aliphatic heterocycles. The number of ether oxygens (including phenoxy) is 1. The third-order valence-corrected chi connectivity index (χ3v) is 3.40. The molecule has 0 aliphatic carbocycles. The Hall–Kier alpha value is -1.71. The van der Waals surface area contributed by atoms with Crippen molar-refractivity contribution in [2.24, 2.45) is 10.1 Å².